The predicted molar refractivity (Wildman–Crippen MR) is 97.2 cm³/mol. The Morgan fingerprint density at radius 1 is 1.08 bits per heavy atom. The third kappa shape index (κ3) is 6.15. The van der Waals surface area contributed by atoms with Crippen LogP contribution in [0.3, 0.4) is 0 Å². The number of Topliss-reactive ketones (excluding diaryl/α,β-unsaturated/α-hetero) is 1. The highest BCUT2D eigenvalue weighted by molar-refractivity contribution is 9.10. The first kappa shape index (κ1) is 18.9. The van der Waals surface area contributed by atoms with Crippen LogP contribution in [0.5, 0.6) is 0 Å². The molecule has 1 atom stereocenters. The van der Waals surface area contributed by atoms with Crippen LogP contribution in [0.2, 0.25) is 0 Å². The molecular weight excluding hydrogens is 386 g/mol. The highest BCUT2D eigenvalue weighted by Gasteiger charge is 2.19. The summed E-state index contributed by atoms with van der Waals surface area (Å²) in [6.45, 7) is 0.977. The smallest absolute Gasteiger partial charge is 0.338 e. The zero-order valence-corrected chi connectivity index (χ0v) is 15.3. The average molecular weight is 404 g/mol. The molecule has 0 aliphatic carbocycles. The highest BCUT2D eigenvalue weighted by atomic mass is 79.9. The number of ketones is 1. The van der Waals surface area contributed by atoms with Gasteiger partial charge in [-0.05, 0) is 37.1 Å². The molecule has 2 aromatic carbocycles. The summed E-state index contributed by atoms with van der Waals surface area (Å²) in [6, 6.07) is 15.4. The monoisotopic (exact) mass is 403 g/mol. The largest absolute Gasteiger partial charge is 0.452 e. The lowest BCUT2D eigenvalue weighted by Gasteiger charge is -2.16. The zero-order chi connectivity index (χ0) is 18.2. The summed E-state index contributed by atoms with van der Waals surface area (Å²) in [5.74, 6) is -1.27. The van der Waals surface area contributed by atoms with E-state index in [9.17, 15) is 14.4 Å². The fraction of sp³-hybridized carbons (Fsp3) is 0.211. The van der Waals surface area contributed by atoms with Crippen LogP contribution in [0.4, 0.5) is 0 Å². The number of ether oxygens (including phenoxy) is 1. The Hall–Kier alpha value is -2.47. The molecule has 1 amide bonds. The number of hydrogen-bond acceptors (Lipinski definition) is 4. The van der Waals surface area contributed by atoms with E-state index in [-0.39, 0.29) is 5.78 Å². The molecule has 0 fully saturated rings. The molecule has 1 N–H and O–H groups in total. The summed E-state index contributed by atoms with van der Waals surface area (Å²) in [6.07, 6.45) is 0.390. The van der Waals surface area contributed by atoms with Gasteiger partial charge in [-0.1, -0.05) is 52.3 Å². The predicted octanol–water partition coefficient (Wildman–Crippen LogP) is 2.92. The van der Waals surface area contributed by atoms with Gasteiger partial charge in [0.2, 0.25) is 0 Å². The number of rotatable bonds is 7. The maximum absolute atomic E-state index is 12.0. The standard InChI is InChI=1S/C19H18BrNO4/c1-13(22)17(10-14-6-3-2-4-7-14)21-18(23)12-25-19(24)15-8-5-9-16(20)11-15/h2-9,11,17H,10,12H2,1H3,(H,21,23)/t17-/m1/s1. The number of carbonyl (C=O) groups is 3. The van der Waals surface area contributed by atoms with E-state index < -0.39 is 24.5 Å². The average Bonchev–Trinajstić information content (AvgIpc) is 2.60. The molecule has 0 radical (unpaired) electrons. The number of benzene rings is 2. The van der Waals surface area contributed by atoms with Gasteiger partial charge in [-0.25, -0.2) is 4.79 Å². The minimum absolute atomic E-state index is 0.157. The van der Waals surface area contributed by atoms with Crippen LogP contribution in [0.15, 0.2) is 59.1 Å². The lowest BCUT2D eigenvalue weighted by molar-refractivity contribution is -0.128. The molecule has 0 unspecified atom stereocenters. The van der Waals surface area contributed by atoms with Crippen LogP contribution < -0.4 is 5.32 Å². The van der Waals surface area contributed by atoms with Gasteiger partial charge in [0.25, 0.3) is 5.91 Å². The lowest BCUT2D eigenvalue weighted by Crippen LogP contribution is -2.43. The van der Waals surface area contributed by atoms with Crippen molar-refractivity contribution in [1.29, 1.82) is 0 Å². The molecule has 0 saturated carbocycles. The van der Waals surface area contributed by atoms with E-state index in [2.05, 4.69) is 21.2 Å². The zero-order valence-electron chi connectivity index (χ0n) is 13.7. The van der Waals surface area contributed by atoms with E-state index in [1.807, 2.05) is 30.3 Å². The van der Waals surface area contributed by atoms with Crippen molar-refractivity contribution in [2.75, 3.05) is 6.61 Å². The molecule has 0 bridgehead atoms. The number of carbonyl (C=O) groups excluding carboxylic acids is 3. The van der Waals surface area contributed by atoms with E-state index in [1.54, 1.807) is 24.3 Å². The topological polar surface area (TPSA) is 72.5 Å². The molecule has 0 heterocycles. The second-order valence-electron chi connectivity index (χ2n) is 5.51. The van der Waals surface area contributed by atoms with Gasteiger partial charge in [-0.3, -0.25) is 9.59 Å². The Morgan fingerprint density at radius 2 is 1.80 bits per heavy atom. The minimum Gasteiger partial charge on any atom is -0.452 e. The molecular formula is C19H18BrNO4. The fourth-order valence-corrected chi connectivity index (χ4v) is 2.61. The van der Waals surface area contributed by atoms with Crippen LogP contribution in [-0.2, 0) is 20.7 Å². The number of nitrogens with one attached hydrogen (secondary N) is 1. The van der Waals surface area contributed by atoms with Crippen molar-refractivity contribution in [1.82, 2.24) is 5.32 Å². The van der Waals surface area contributed by atoms with Crippen LogP contribution >= 0.6 is 15.9 Å². The Kier molecular flexibility index (Phi) is 6.89. The van der Waals surface area contributed by atoms with Crippen molar-refractivity contribution in [2.24, 2.45) is 0 Å². The summed E-state index contributed by atoms with van der Waals surface area (Å²) < 4.78 is 5.73. The molecule has 130 valence electrons. The second kappa shape index (κ2) is 9.13. The van der Waals surface area contributed by atoms with E-state index in [0.29, 0.717) is 12.0 Å². The first-order valence-electron chi connectivity index (χ1n) is 7.72. The van der Waals surface area contributed by atoms with Crippen LogP contribution in [-0.4, -0.2) is 30.3 Å². The van der Waals surface area contributed by atoms with Crippen molar-refractivity contribution < 1.29 is 19.1 Å². The maximum Gasteiger partial charge on any atom is 0.338 e. The van der Waals surface area contributed by atoms with Crippen LogP contribution in [0.1, 0.15) is 22.8 Å². The van der Waals surface area contributed by atoms with Gasteiger partial charge in [0.15, 0.2) is 12.4 Å². The second-order valence-corrected chi connectivity index (χ2v) is 6.42. The first-order chi connectivity index (χ1) is 12.0. The molecule has 5 nitrogen and oxygen atoms in total. The first-order valence-corrected chi connectivity index (χ1v) is 8.51. The van der Waals surface area contributed by atoms with Gasteiger partial charge in [0, 0.05) is 4.47 Å². The Bertz CT molecular complexity index is 761. The van der Waals surface area contributed by atoms with Crippen molar-refractivity contribution in [3.63, 3.8) is 0 Å². The quantitative estimate of drug-likeness (QED) is 0.721. The SMILES string of the molecule is CC(=O)[C@@H](Cc1ccccc1)NC(=O)COC(=O)c1cccc(Br)c1. The number of hydrogen-bond donors (Lipinski definition) is 1. The molecule has 0 saturated heterocycles. The lowest BCUT2D eigenvalue weighted by atomic mass is 10.0. The van der Waals surface area contributed by atoms with Gasteiger partial charge in [-0.15, -0.1) is 0 Å². The third-order valence-electron chi connectivity index (χ3n) is 3.50. The maximum atomic E-state index is 12.0. The van der Waals surface area contributed by atoms with Crippen molar-refractivity contribution >= 4 is 33.6 Å². The van der Waals surface area contributed by atoms with Gasteiger partial charge < -0.3 is 10.1 Å². The van der Waals surface area contributed by atoms with Gasteiger partial charge in [-0.2, -0.15) is 0 Å². The molecule has 0 aliphatic heterocycles. The van der Waals surface area contributed by atoms with Gasteiger partial charge in [0.1, 0.15) is 0 Å². The molecule has 0 spiro atoms. The molecule has 0 aromatic heterocycles. The van der Waals surface area contributed by atoms with E-state index in [4.69, 9.17) is 4.74 Å². The number of halogens is 1. The summed E-state index contributed by atoms with van der Waals surface area (Å²) in [5.41, 5.74) is 1.28. The van der Waals surface area contributed by atoms with Crippen molar-refractivity contribution in [2.45, 2.75) is 19.4 Å². The van der Waals surface area contributed by atoms with E-state index >= 15 is 0 Å². The molecule has 25 heavy (non-hydrogen) atoms. The molecule has 2 aromatic rings. The summed E-state index contributed by atoms with van der Waals surface area (Å²) in [4.78, 5) is 35.7. The Morgan fingerprint density at radius 3 is 2.44 bits per heavy atom. The van der Waals surface area contributed by atoms with Crippen molar-refractivity contribution in [3.8, 4) is 0 Å². The minimum atomic E-state index is -0.653. The number of amides is 1. The van der Waals surface area contributed by atoms with Gasteiger partial charge in [0.05, 0.1) is 11.6 Å². The summed E-state index contributed by atoms with van der Waals surface area (Å²) in [7, 11) is 0. The van der Waals surface area contributed by atoms with E-state index in [1.165, 1.54) is 6.92 Å². The molecule has 2 rings (SSSR count). The third-order valence-corrected chi connectivity index (χ3v) is 4.00. The highest BCUT2D eigenvalue weighted by Crippen LogP contribution is 2.12. The normalized spacial score (nSPS) is 11.4. The van der Waals surface area contributed by atoms with Crippen molar-refractivity contribution in [3.05, 3.63) is 70.2 Å². The Labute approximate surface area is 154 Å². The summed E-state index contributed by atoms with van der Waals surface area (Å²) in [5, 5.41) is 2.61. The summed E-state index contributed by atoms with van der Waals surface area (Å²) >= 11 is 3.27. The Balaban J connectivity index is 1.88. The molecule has 0 aliphatic rings. The fourth-order valence-electron chi connectivity index (χ4n) is 2.21. The van der Waals surface area contributed by atoms with Crippen LogP contribution in [0, 0.1) is 0 Å². The molecule has 6 heteroatoms. The van der Waals surface area contributed by atoms with E-state index in [0.717, 1.165) is 10.0 Å². The van der Waals surface area contributed by atoms with Crippen LogP contribution in [0.25, 0.3) is 0 Å². The number of esters is 1. The van der Waals surface area contributed by atoms with Gasteiger partial charge >= 0.3 is 5.97 Å².